The van der Waals surface area contributed by atoms with Crippen LogP contribution in [0.15, 0.2) is 10.7 Å². The van der Waals surface area contributed by atoms with E-state index >= 15 is 0 Å². The minimum absolute atomic E-state index is 0.0708. The highest BCUT2D eigenvalue weighted by Crippen LogP contribution is 2.15. The third-order valence-corrected chi connectivity index (χ3v) is 3.28. The minimum atomic E-state index is -0.0708. The number of aryl methyl sites for hydroxylation is 1. The Morgan fingerprint density at radius 2 is 2.29 bits per heavy atom. The molecule has 1 aromatic heterocycles. The van der Waals surface area contributed by atoms with Crippen molar-refractivity contribution in [3.8, 4) is 0 Å². The molecule has 1 saturated heterocycles. The Morgan fingerprint density at radius 1 is 1.59 bits per heavy atom. The van der Waals surface area contributed by atoms with Crippen molar-refractivity contribution in [2.75, 3.05) is 26.7 Å². The highest BCUT2D eigenvalue weighted by molar-refractivity contribution is 5.92. The molecule has 1 aliphatic heterocycles. The van der Waals surface area contributed by atoms with Crippen molar-refractivity contribution in [1.29, 1.82) is 0 Å². The van der Waals surface area contributed by atoms with Crippen molar-refractivity contribution in [2.45, 2.75) is 19.8 Å². The lowest BCUT2D eigenvalue weighted by atomic mass is 9.97. The van der Waals surface area contributed by atoms with Gasteiger partial charge in [-0.05, 0) is 38.8 Å². The molecule has 0 saturated carbocycles. The van der Waals surface area contributed by atoms with Gasteiger partial charge in [0.2, 0.25) is 5.76 Å². The first-order chi connectivity index (χ1) is 8.18. The summed E-state index contributed by atoms with van der Waals surface area (Å²) in [5.74, 6) is 0.883. The quantitative estimate of drug-likeness (QED) is 0.854. The normalized spacial score (nSPS) is 17.1. The van der Waals surface area contributed by atoms with Crippen molar-refractivity contribution in [2.24, 2.45) is 5.92 Å². The topological polar surface area (TPSA) is 58.4 Å². The van der Waals surface area contributed by atoms with E-state index in [2.05, 4.69) is 10.5 Å². The van der Waals surface area contributed by atoms with Gasteiger partial charge in [0.25, 0.3) is 5.91 Å². The van der Waals surface area contributed by atoms with Crippen LogP contribution < -0.4 is 5.32 Å². The van der Waals surface area contributed by atoms with Crippen LogP contribution in [0.3, 0.4) is 0 Å². The Morgan fingerprint density at radius 3 is 2.88 bits per heavy atom. The molecular formula is C12H19N3O2. The number of carbonyl (C=O) groups excluding carboxylic acids is 1. The van der Waals surface area contributed by atoms with Crippen molar-refractivity contribution >= 4 is 5.91 Å². The molecule has 94 valence electrons. The summed E-state index contributed by atoms with van der Waals surface area (Å²) in [6.45, 7) is 4.73. The van der Waals surface area contributed by atoms with Gasteiger partial charge in [-0.2, -0.15) is 0 Å². The fourth-order valence-electron chi connectivity index (χ4n) is 2.20. The maximum Gasteiger partial charge on any atom is 0.292 e. The van der Waals surface area contributed by atoms with Gasteiger partial charge in [0.1, 0.15) is 0 Å². The number of amides is 1. The molecule has 1 fully saturated rings. The van der Waals surface area contributed by atoms with Crippen LogP contribution in [0, 0.1) is 12.8 Å². The SMILES string of the molecule is Cc1cnoc1C(=O)N(C)CC1CCNCC1. The molecule has 2 heterocycles. The predicted octanol–water partition coefficient (Wildman–Crippen LogP) is 1.05. The molecule has 1 amide bonds. The van der Waals surface area contributed by atoms with Gasteiger partial charge in [-0.15, -0.1) is 0 Å². The number of aromatic nitrogens is 1. The number of nitrogens with zero attached hydrogens (tertiary/aromatic N) is 2. The Bertz CT molecular complexity index is 383. The van der Waals surface area contributed by atoms with E-state index in [1.165, 1.54) is 0 Å². The second kappa shape index (κ2) is 5.31. The molecular weight excluding hydrogens is 218 g/mol. The molecule has 0 aliphatic carbocycles. The van der Waals surface area contributed by atoms with E-state index in [4.69, 9.17) is 4.52 Å². The van der Waals surface area contributed by atoms with Crippen LogP contribution in [-0.2, 0) is 0 Å². The number of carbonyl (C=O) groups is 1. The third-order valence-electron chi connectivity index (χ3n) is 3.28. The molecule has 0 spiro atoms. The number of hydrogen-bond donors (Lipinski definition) is 1. The molecule has 5 nitrogen and oxygen atoms in total. The van der Waals surface area contributed by atoms with E-state index in [0.717, 1.165) is 38.0 Å². The first kappa shape index (κ1) is 12.1. The minimum Gasteiger partial charge on any atom is -0.351 e. The fraction of sp³-hybridized carbons (Fsp3) is 0.667. The summed E-state index contributed by atoms with van der Waals surface area (Å²) >= 11 is 0. The van der Waals surface area contributed by atoms with Gasteiger partial charge in [-0.3, -0.25) is 4.79 Å². The van der Waals surface area contributed by atoms with Crippen LogP contribution in [-0.4, -0.2) is 42.6 Å². The van der Waals surface area contributed by atoms with E-state index in [1.54, 1.807) is 11.1 Å². The number of hydrogen-bond acceptors (Lipinski definition) is 4. The van der Waals surface area contributed by atoms with Gasteiger partial charge in [-0.1, -0.05) is 5.16 Å². The van der Waals surface area contributed by atoms with Gasteiger partial charge in [0.05, 0.1) is 6.20 Å². The molecule has 0 aromatic carbocycles. The third kappa shape index (κ3) is 2.85. The van der Waals surface area contributed by atoms with Crippen molar-refractivity contribution in [1.82, 2.24) is 15.4 Å². The molecule has 0 atom stereocenters. The molecule has 1 N–H and O–H groups in total. The molecule has 5 heteroatoms. The summed E-state index contributed by atoms with van der Waals surface area (Å²) in [6.07, 6.45) is 3.84. The Balaban J connectivity index is 1.93. The Hall–Kier alpha value is -1.36. The van der Waals surface area contributed by atoms with E-state index in [9.17, 15) is 4.79 Å². The molecule has 0 bridgehead atoms. The summed E-state index contributed by atoms with van der Waals surface area (Å²) in [5, 5.41) is 6.96. The molecule has 2 rings (SSSR count). The van der Waals surface area contributed by atoms with Crippen LogP contribution in [0.2, 0.25) is 0 Å². The zero-order valence-corrected chi connectivity index (χ0v) is 10.4. The lowest BCUT2D eigenvalue weighted by Crippen LogP contribution is -2.37. The summed E-state index contributed by atoms with van der Waals surface area (Å²) in [7, 11) is 1.83. The van der Waals surface area contributed by atoms with Gasteiger partial charge in [0.15, 0.2) is 0 Å². The van der Waals surface area contributed by atoms with Gasteiger partial charge in [0, 0.05) is 19.2 Å². The van der Waals surface area contributed by atoms with Crippen molar-refractivity contribution in [3.05, 3.63) is 17.5 Å². The van der Waals surface area contributed by atoms with E-state index in [1.807, 2.05) is 14.0 Å². The first-order valence-corrected chi connectivity index (χ1v) is 6.06. The lowest BCUT2D eigenvalue weighted by molar-refractivity contribution is 0.0720. The standard InChI is InChI=1S/C12H19N3O2/c1-9-7-14-17-11(9)12(16)15(2)8-10-3-5-13-6-4-10/h7,10,13H,3-6,8H2,1-2H3. The smallest absolute Gasteiger partial charge is 0.292 e. The van der Waals surface area contributed by atoms with Gasteiger partial charge < -0.3 is 14.7 Å². The van der Waals surface area contributed by atoms with Crippen LogP contribution >= 0.6 is 0 Å². The summed E-state index contributed by atoms with van der Waals surface area (Å²) in [4.78, 5) is 13.8. The molecule has 1 aliphatic rings. The maximum atomic E-state index is 12.1. The predicted molar refractivity (Wildman–Crippen MR) is 63.8 cm³/mol. The van der Waals surface area contributed by atoms with Crippen LogP contribution in [0.25, 0.3) is 0 Å². The van der Waals surface area contributed by atoms with E-state index < -0.39 is 0 Å². The molecule has 1 aromatic rings. The summed E-state index contributed by atoms with van der Waals surface area (Å²) < 4.78 is 4.98. The van der Waals surface area contributed by atoms with Crippen molar-refractivity contribution < 1.29 is 9.32 Å². The highest BCUT2D eigenvalue weighted by Gasteiger charge is 2.22. The number of piperidine rings is 1. The van der Waals surface area contributed by atoms with Gasteiger partial charge >= 0.3 is 0 Å². The monoisotopic (exact) mass is 237 g/mol. The van der Waals surface area contributed by atoms with Gasteiger partial charge in [-0.25, -0.2) is 0 Å². The number of rotatable bonds is 3. The average Bonchev–Trinajstić information content (AvgIpc) is 2.76. The lowest BCUT2D eigenvalue weighted by Gasteiger charge is -2.27. The van der Waals surface area contributed by atoms with E-state index in [-0.39, 0.29) is 5.91 Å². The van der Waals surface area contributed by atoms with Crippen LogP contribution in [0.1, 0.15) is 29.0 Å². The molecule has 0 radical (unpaired) electrons. The van der Waals surface area contributed by atoms with Crippen molar-refractivity contribution in [3.63, 3.8) is 0 Å². The second-order valence-electron chi connectivity index (χ2n) is 4.72. The molecule has 17 heavy (non-hydrogen) atoms. The zero-order chi connectivity index (χ0) is 12.3. The Labute approximate surface area is 101 Å². The first-order valence-electron chi connectivity index (χ1n) is 6.06. The number of nitrogens with one attached hydrogen (secondary N) is 1. The van der Waals surface area contributed by atoms with Crippen LogP contribution in [0.5, 0.6) is 0 Å². The van der Waals surface area contributed by atoms with Crippen LogP contribution in [0.4, 0.5) is 0 Å². The molecule has 0 unspecified atom stereocenters. The second-order valence-corrected chi connectivity index (χ2v) is 4.72. The summed E-state index contributed by atoms with van der Waals surface area (Å²) in [5.41, 5.74) is 0.798. The zero-order valence-electron chi connectivity index (χ0n) is 10.4. The largest absolute Gasteiger partial charge is 0.351 e. The summed E-state index contributed by atoms with van der Waals surface area (Å²) in [6, 6.07) is 0. The highest BCUT2D eigenvalue weighted by atomic mass is 16.5. The van der Waals surface area contributed by atoms with E-state index in [0.29, 0.717) is 11.7 Å². The fourth-order valence-corrected chi connectivity index (χ4v) is 2.20. The Kier molecular flexibility index (Phi) is 3.78. The average molecular weight is 237 g/mol. The maximum absolute atomic E-state index is 12.1.